The number of rotatable bonds is 3. The molecule has 0 fully saturated rings. The van der Waals surface area contributed by atoms with Crippen molar-refractivity contribution in [3.05, 3.63) is 70.1 Å². The molecule has 0 unspecified atom stereocenters. The summed E-state index contributed by atoms with van der Waals surface area (Å²) in [6, 6.07) is 9.22. The standard InChI is InChI=1S/C19H17N3O3S/c1-12-3-2-4-13(9-12)18(24)22-7-5-15-16(10-22)26-19(20-15)21-17(23)14-6-8-25-11-14/h2-4,6,8-9,11H,5,7,10H2,1H3,(H,20,21,23). The molecular formula is C19H17N3O3S. The molecule has 0 aliphatic carbocycles. The average molecular weight is 367 g/mol. The summed E-state index contributed by atoms with van der Waals surface area (Å²) >= 11 is 1.41. The second kappa shape index (κ2) is 6.76. The molecule has 0 spiro atoms. The Kier molecular flexibility index (Phi) is 4.30. The van der Waals surface area contributed by atoms with Crippen molar-refractivity contribution in [1.29, 1.82) is 0 Å². The minimum Gasteiger partial charge on any atom is -0.472 e. The molecule has 132 valence electrons. The van der Waals surface area contributed by atoms with Gasteiger partial charge >= 0.3 is 0 Å². The van der Waals surface area contributed by atoms with Gasteiger partial charge in [0.15, 0.2) is 5.13 Å². The highest BCUT2D eigenvalue weighted by molar-refractivity contribution is 7.15. The second-order valence-electron chi connectivity index (χ2n) is 6.20. The van der Waals surface area contributed by atoms with E-state index < -0.39 is 0 Å². The zero-order chi connectivity index (χ0) is 18.1. The Bertz CT molecular complexity index is 962. The molecule has 1 aliphatic rings. The van der Waals surface area contributed by atoms with Crippen molar-refractivity contribution in [2.45, 2.75) is 19.9 Å². The third-order valence-electron chi connectivity index (χ3n) is 4.29. The average Bonchev–Trinajstić information content (AvgIpc) is 3.29. The van der Waals surface area contributed by atoms with Crippen LogP contribution in [0.15, 0.2) is 47.3 Å². The molecule has 0 bridgehead atoms. The largest absolute Gasteiger partial charge is 0.472 e. The van der Waals surface area contributed by atoms with E-state index in [0.717, 1.165) is 16.1 Å². The van der Waals surface area contributed by atoms with E-state index in [9.17, 15) is 9.59 Å². The van der Waals surface area contributed by atoms with Gasteiger partial charge < -0.3 is 9.32 Å². The van der Waals surface area contributed by atoms with E-state index >= 15 is 0 Å². The van der Waals surface area contributed by atoms with E-state index in [0.29, 0.717) is 35.8 Å². The molecular weight excluding hydrogens is 350 g/mol. The van der Waals surface area contributed by atoms with Crippen LogP contribution >= 0.6 is 11.3 Å². The van der Waals surface area contributed by atoms with E-state index in [-0.39, 0.29) is 11.8 Å². The molecule has 1 aliphatic heterocycles. The maximum atomic E-state index is 12.7. The number of hydrogen-bond donors (Lipinski definition) is 1. The number of anilines is 1. The third-order valence-corrected chi connectivity index (χ3v) is 5.29. The maximum Gasteiger partial charge on any atom is 0.260 e. The summed E-state index contributed by atoms with van der Waals surface area (Å²) in [5.74, 6) is -0.228. The summed E-state index contributed by atoms with van der Waals surface area (Å²) in [6.07, 6.45) is 3.53. The second-order valence-corrected chi connectivity index (χ2v) is 7.28. The van der Waals surface area contributed by atoms with E-state index in [2.05, 4.69) is 10.3 Å². The number of nitrogens with one attached hydrogen (secondary N) is 1. The highest BCUT2D eigenvalue weighted by atomic mass is 32.1. The predicted molar refractivity (Wildman–Crippen MR) is 98.4 cm³/mol. The van der Waals surface area contributed by atoms with Crippen LogP contribution in [0.25, 0.3) is 0 Å². The van der Waals surface area contributed by atoms with E-state index in [1.54, 1.807) is 6.07 Å². The van der Waals surface area contributed by atoms with Crippen molar-refractivity contribution in [2.24, 2.45) is 0 Å². The Morgan fingerprint density at radius 1 is 1.27 bits per heavy atom. The van der Waals surface area contributed by atoms with Crippen LogP contribution in [-0.4, -0.2) is 28.2 Å². The number of hydrogen-bond acceptors (Lipinski definition) is 5. The minimum atomic E-state index is -0.252. The van der Waals surface area contributed by atoms with Crippen LogP contribution in [-0.2, 0) is 13.0 Å². The van der Waals surface area contributed by atoms with Gasteiger partial charge in [0.25, 0.3) is 11.8 Å². The third kappa shape index (κ3) is 3.25. The van der Waals surface area contributed by atoms with Gasteiger partial charge in [0.05, 0.1) is 24.1 Å². The first-order valence-electron chi connectivity index (χ1n) is 8.28. The number of furan rings is 1. The number of carbonyl (C=O) groups excluding carboxylic acids is 2. The van der Waals surface area contributed by atoms with Gasteiger partial charge in [-0.25, -0.2) is 4.98 Å². The summed E-state index contributed by atoms with van der Waals surface area (Å²) in [4.78, 5) is 32.2. The topological polar surface area (TPSA) is 75.4 Å². The Morgan fingerprint density at radius 3 is 2.92 bits per heavy atom. The van der Waals surface area contributed by atoms with Crippen LogP contribution in [0.4, 0.5) is 5.13 Å². The zero-order valence-electron chi connectivity index (χ0n) is 14.2. The molecule has 2 amide bonds. The molecule has 3 aromatic rings. The SMILES string of the molecule is Cc1cccc(C(=O)N2CCc3nc(NC(=O)c4ccoc4)sc3C2)c1. The minimum absolute atomic E-state index is 0.0248. The summed E-state index contributed by atoms with van der Waals surface area (Å²) in [7, 11) is 0. The van der Waals surface area contributed by atoms with Crippen molar-refractivity contribution < 1.29 is 14.0 Å². The molecule has 2 aromatic heterocycles. The smallest absolute Gasteiger partial charge is 0.260 e. The van der Waals surface area contributed by atoms with Crippen LogP contribution in [0.5, 0.6) is 0 Å². The summed E-state index contributed by atoms with van der Waals surface area (Å²) < 4.78 is 4.92. The highest BCUT2D eigenvalue weighted by Gasteiger charge is 2.25. The first kappa shape index (κ1) is 16.5. The lowest BCUT2D eigenvalue weighted by Gasteiger charge is -2.26. The van der Waals surface area contributed by atoms with E-state index in [1.807, 2.05) is 36.1 Å². The summed E-state index contributed by atoms with van der Waals surface area (Å²) in [5.41, 5.74) is 3.17. The van der Waals surface area contributed by atoms with Gasteiger partial charge in [-0.2, -0.15) is 0 Å². The van der Waals surface area contributed by atoms with Gasteiger partial charge in [0.1, 0.15) is 6.26 Å². The van der Waals surface area contributed by atoms with Crippen molar-refractivity contribution in [1.82, 2.24) is 9.88 Å². The molecule has 1 N–H and O–H groups in total. The van der Waals surface area contributed by atoms with Gasteiger partial charge in [-0.05, 0) is 25.1 Å². The molecule has 0 saturated heterocycles. The van der Waals surface area contributed by atoms with Crippen LogP contribution < -0.4 is 5.32 Å². The van der Waals surface area contributed by atoms with Crippen LogP contribution in [0, 0.1) is 6.92 Å². The van der Waals surface area contributed by atoms with Gasteiger partial charge in [-0.1, -0.05) is 29.0 Å². The molecule has 0 radical (unpaired) electrons. The summed E-state index contributed by atoms with van der Waals surface area (Å²) in [6.45, 7) is 3.11. The molecule has 0 atom stereocenters. The number of aryl methyl sites for hydroxylation is 1. The number of thiazole rings is 1. The maximum absolute atomic E-state index is 12.7. The zero-order valence-corrected chi connectivity index (χ0v) is 15.0. The van der Waals surface area contributed by atoms with Crippen molar-refractivity contribution in [2.75, 3.05) is 11.9 Å². The lowest BCUT2D eigenvalue weighted by atomic mass is 10.1. The van der Waals surface area contributed by atoms with Gasteiger partial charge in [0, 0.05) is 23.4 Å². The fraction of sp³-hybridized carbons (Fsp3) is 0.211. The Labute approximate surface area is 154 Å². The van der Waals surface area contributed by atoms with Gasteiger partial charge in [0.2, 0.25) is 0 Å². The number of nitrogens with zero attached hydrogens (tertiary/aromatic N) is 2. The van der Waals surface area contributed by atoms with Crippen molar-refractivity contribution in [3.8, 4) is 0 Å². The first-order chi connectivity index (χ1) is 12.6. The van der Waals surface area contributed by atoms with E-state index in [1.165, 1.54) is 23.9 Å². The number of carbonyl (C=O) groups is 2. The summed E-state index contributed by atoms with van der Waals surface area (Å²) in [5, 5.41) is 3.34. The Balaban J connectivity index is 1.48. The number of aromatic nitrogens is 1. The monoisotopic (exact) mass is 367 g/mol. The molecule has 0 saturated carbocycles. The molecule has 4 rings (SSSR count). The van der Waals surface area contributed by atoms with Crippen molar-refractivity contribution in [3.63, 3.8) is 0 Å². The quantitative estimate of drug-likeness (QED) is 0.769. The van der Waals surface area contributed by atoms with Crippen LogP contribution in [0.3, 0.4) is 0 Å². The molecule has 7 heteroatoms. The molecule has 6 nitrogen and oxygen atoms in total. The number of amides is 2. The number of benzene rings is 1. The fourth-order valence-corrected chi connectivity index (χ4v) is 3.96. The normalized spacial score (nSPS) is 13.3. The molecule has 1 aromatic carbocycles. The lowest BCUT2D eigenvalue weighted by molar-refractivity contribution is 0.0736. The first-order valence-corrected chi connectivity index (χ1v) is 9.10. The van der Waals surface area contributed by atoms with Crippen LogP contribution in [0.1, 0.15) is 36.9 Å². The Hall–Kier alpha value is -2.93. The molecule has 3 heterocycles. The Morgan fingerprint density at radius 2 is 2.15 bits per heavy atom. The molecule has 26 heavy (non-hydrogen) atoms. The van der Waals surface area contributed by atoms with Gasteiger partial charge in [-0.15, -0.1) is 0 Å². The van der Waals surface area contributed by atoms with Crippen molar-refractivity contribution >= 4 is 28.3 Å². The van der Waals surface area contributed by atoms with E-state index in [4.69, 9.17) is 4.42 Å². The fourth-order valence-electron chi connectivity index (χ4n) is 2.95. The highest BCUT2D eigenvalue weighted by Crippen LogP contribution is 2.29. The predicted octanol–water partition coefficient (Wildman–Crippen LogP) is 3.50. The number of fused-ring (bicyclic) bond motifs is 1. The lowest BCUT2D eigenvalue weighted by Crippen LogP contribution is -2.35. The van der Waals surface area contributed by atoms with Crippen LogP contribution in [0.2, 0.25) is 0 Å². The van der Waals surface area contributed by atoms with Gasteiger partial charge in [-0.3, -0.25) is 14.9 Å².